The number of nitrogens with zero attached hydrogens (tertiary/aromatic N) is 1. The molecule has 0 aliphatic rings. The van der Waals surface area contributed by atoms with Gasteiger partial charge in [0, 0.05) is 6.54 Å². The third-order valence-corrected chi connectivity index (χ3v) is 4.17. The summed E-state index contributed by atoms with van der Waals surface area (Å²) in [4.78, 5) is 34.3. The second kappa shape index (κ2) is 9.16. The minimum absolute atomic E-state index is 0.0498. The Bertz CT molecular complexity index is 1090. The molecule has 1 heterocycles. The first-order valence-corrected chi connectivity index (χ1v) is 8.82. The van der Waals surface area contributed by atoms with Gasteiger partial charge in [0.25, 0.3) is 5.56 Å². The molecule has 9 nitrogen and oxygen atoms in total. The van der Waals surface area contributed by atoms with Crippen LogP contribution in [0.3, 0.4) is 0 Å². The van der Waals surface area contributed by atoms with Gasteiger partial charge in [-0.25, -0.2) is 14.2 Å². The van der Waals surface area contributed by atoms with E-state index in [1.807, 2.05) is 5.16 Å². The first-order chi connectivity index (χ1) is 14.3. The summed E-state index contributed by atoms with van der Waals surface area (Å²) in [5.41, 5.74) is 3.94. The molecule has 30 heavy (non-hydrogen) atoms. The highest BCUT2D eigenvalue weighted by Gasteiger charge is 2.22. The first kappa shape index (κ1) is 21.0. The molecule has 0 aliphatic heterocycles. The highest BCUT2D eigenvalue weighted by Crippen LogP contribution is 2.21. The zero-order chi connectivity index (χ0) is 21.7. The van der Waals surface area contributed by atoms with Crippen molar-refractivity contribution < 1.29 is 28.7 Å². The quantitative estimate of drug-likeness (QED) is 0.408. The summed E-state index contributed by atoms with van der Waals surface area (Å²) in [6.07, 6.45) is -1.75. The number of hydrogen-bond acceptors (Lipinski definition) is 6. The summed E-state index contributed by atoms with van der Waals surface area (Å²) in [5.74, 6) is -2.90. The van der Waals surface area contributed by atoms with Crippen LogP contribution in [-0.2, 0) is 11.3 Å². The molecule has 3 aromatic rings. The monoisotopic (exact) mass is 415 g/mol. The van der Waals surface area contributed by atoms with Crippen molar-refractivity contribution in [3.8, 4) is 11.1 Å². The number of amides is 1. The lowest BCUT2D eigenvalue weighted by molar-refractivity contribution is -0.148. The third-order valence-electron chi connectivity index (χ3n) is 4.17. The maximum absolute atomic E-state index is 13.4. The third kappa shape index (κ3) is 5.40. The van der Waals surface area contributed by atoms with Crippen molar-refractivity contribution in [2.24, 2.45) is 0 Å². The van der Waals surface area contributed by atoms with Crippen molar-refractivity contribution in [2.45, 2.75) is 12.6 Å². The fourth-order valence-corrected chi connectivity index (χ4v) is 2.72. The molecule has 1 amide bonds. The number of aliphatic carboxylic acids is 1. The van der Waals surface area contributed by atoms with E-state index in [0.29, 0.717) is 11.1 Å². The van der Waals surface area contributed by atoms with Gasteiger partial charge in [-0.3, -0.25) is 15.0 Å². The van der Waals surface area contributed by atoms with Gasteiger partial charge in [-0.2, -0.15) is 5.16 Å². The number of aliphatic hydroxyl groups is 1. The van der Waals surface area contributed by atoms with Gasteiger partial charge >= 0.3 is 11.9 Å². The van der Waals surface area contributed by atoms with Gasteiger partial charge in [0.05, 0.1) is 12.6 Å². The second-order valence-electron chi connectivity index (χ2n) is 6.46. The maximum Gasteiger partial charge on any atom is 0.333 e. The highest BCUT2D eigenvalue weighted by atomic mass is 19.1. The maximum atomic E-state index is 13.4. The molecule has 0 saturated heterocycles. The number of nitrogens with one attached hydrogen (secondary N) is 2. The Morgan fingerprint density at radius 1 is 1.13 bits per heavy atom. The molecule has 0 saturated carbocycles. The van der Waals surface area contributed by atoms with E-state index in [9.17, 15) is 23.9 Å². The molecule has 0 unspecified atom stereocenters. The van der Waals surface area contributed by atoms with Gasteiger partial charge in [-0.15, -0.1) is 0 Å². The summed E-state index contributed by atoms with van der Waals surface area (Å²) >= 11 is 0. The molecule has 2 aromatic carbocycles. The molecule has 0 radical (unpaired) electrons. The summed E-state index contributed by atoms with van der Waals surface area (Å²) in [6.45, 7) is -0.366. The fraction of sp³-hybridized carbons (Fsp3) is 0.150. The van der Waals surface area contributed by atoms with Gasteiger partial charge in [0.2, 0.25) is 5.76 Å². The van der Waals surface area contributed by atoms with Crippen LogP contribution in [0.1, 0.15) is 16.1 Å². The number of hydrazine groups is 1. The Labute approximate surface area is 169 Å². The van der Waals surface area contributed by atoms with E-state index in [2.05, 4.69) is 5.43 Å². The van der Waals surface area contributed by atoms with Crippen molar-refractivity contribution in [1.29, 1.82) is 0 Å². The molecule has 3 rings (SSSR count). The number of carbonyl (C=O) groups is 2. The first-order valence-electron chi connectivity index (χ1n) is 8.82. The number of H-pyrrole nitrogens is 1. The van der Waals surface area contributed by atoms with Crippen molar-refractivity contribution in [2.75, 3.05) is 6.54 Å². The van der Waals surface area contributed by atoms with Crippen LogP contribution >= 0.6 is 0 Å². The Hall–Kier alpha value is -3.76. The van der Waals surface area contributed by atoms with Crippen LogP contribution in [0.25, 0.3) is 11.1 Å². The molecule has 0 bridgehead atoms. The number of aromatic nitrogens is 1. The van der Waals surface area contributed by atoms with E-state index in [0.717, 1.165) is 11.6 Å². The van der Waals surface area contributed by atoms with Crippen LogP contribution in [0.5, 0.6) is 0 Å². The molecule has 0 aliphatic carbocycles. The summed E-state index contributed by atoms with van der Waals surface area (Å²) in [6, 6.07) is 14.0. The number of aromatic amines is 1. The molecular weight excluding hydrogens is 397 g/mol. The summed E-state index contributed by atoms with van der Waals surface area (Å²) in [7, 11) is 0. The molecular formula is C20H18FN3O6. The SMILES string of the molecule is O=C(NN(Cc1ccc(-c2cccc(F)c2)cc1)C[C@@H](O)C(=O)O)c1cc(=O)[nH]o1. The molecule has 4 N–H and O–H groups in total. The lowest BCUT2D eigenvalue weighted by atomic mass is 10.0. The van der Waals surface area contributed by atoms with Crippen LogP contribution in [0, 0.1) is 5.82 Å². The number of rotatable bonds is 8. The molecule has 156 valence electrons. The number of carboxylic acid groups (broad SMARTS) is 1. The Kier molecular flexibility index (Phi) is 6.40. The van der Waals surface area contributed by atoms with Crippen LogP contribution in [0.15, 0.2) is 63.9 Å². The zero-order valence-electron chi connectivity index (χ0n) is 15.5. The van der Waals surface area contributed by atoms with Crippen LogP contribution < -0.4 is 11.0 Å². The van der Waals surface area contributed by atoms with E-state index in [4.69, 9.17) is 9.63 Å². The number of halogens is 1. The van der Waals surface area contributed by atoms with Gasteiger partial charge in [-0.05, 0) is 28.8 Å². The van der Waals surface area contributed by atoms with Crippen LogP contribution in [0.2, 0.25) is 0 Å². The number of carboxylic acids is 1. The lowest BCUT2D eigenvalue weighted by Crippen LogP contribution is -2.47. The Morgan fingerprint density at radius 2 is 1.87 bits per heavy atom. The number of benzene rings is 2. The van der Waals surface area contributed by atoms with Gasteiger partial charge in [-0.1, -0.05) is 36.4 Å². The van der Waals surface area contributed by atoms with Gasteiger partial charge < -0.3 is 14.7 Å². The fourth-order valence-electron chi connectivity index (χ4n) is 2.72. The molecule has 0 spiro atoms. The molecule has 0 fully saturated rings. The van der Waals surface area contributed by atoms with Crippen LogP contribution in [0.4, 0.5) is 4.39 Å². The van der Waals surface area contributed by atoms with E-state index < -0.39 is 30.1 Å². The summed E-state index contributed by atoms with van der Waals surface area (Å²) in [5, 5.41) is 21.8. The van der Waals surface area contributed by atoms with E-state index >= 15 is 0 Å². The van der Waals surface area contributed by atoms with Crippen molar-refractivity contribution in [1.82, 2.24) is 15.6 Å². The average Bonchev–Trinajstić information content (AvgIpc) is 3.15. The zero-order valence-corrected chi connectivity index (χ0v) is 15.5. The number of hydrogen-bond donors (Lipinski definition) is 4. The van der Waals surface area contributed by atoms with Crippen molar-refractivity contribution in [3.05, 3.63) is 82.1 Å². The number of carbonyl (C=O) groups excluding carboxylic acids is 1. The predicted molar refractivity (Wildman–Crippen MR) is 103 cm³/mol. The predicted octanol–water partition coefficient (Wildman–Crippen LogP) is 1.37. The minimum atomic E-state index is -1.75. The van der Waals surface area contributed by atoms with E-state index in [1.165, 1.54) is 17.1 Å². The molecule has 1 atom stereocenters. The Morgan fingerprint density at radius 3 is 2.47 bits per heavy atom. The normalized spacial score (nSPS) is 12.0. The largest absolute Gasteiger partial charge is 0.479 e. The molecule has 10 heteroatoms. The average molecular weight is 415 g/mol. The number of aliphatic hydroxyl groups excluding tert-OH is 1. The van der Waals surface area contributed by atoms with E-state index in [1.54, 1.807) is 36.4 Å². The topological polar surface area (TPSA) is 136 Å². The smallest absolute Gasteiger partial charge is 0.333 e. The van der Waals surface area contributed by atoms with Gasteiger partial charge in [0.15, 0.2) is 6.10 Å². The molecule has 1 aromatic heterocycles. The highest BCUT2D eigenvalue weighted by molar-refractivity contribution is 5.90. The summed E-state index contributed by atoms with van der Waals surface area (Å²) < 4.78 is 18.1. The standard InChI is InChI=1S/C20H18FN3O6/c21-15-3-1-2-14(8-15)13-6-4-12(5-7-13)10-24(11-16(25)20(28)29)22-19(27)17-9-18(26)23-30-17/h1-9,16,25H,10-11H2,(H,22,27)(H,23,26)(H,28,29)/t16-/m1/s1. The van der Waals surface area contributed by atoms with E-state index in [-0.39, 0.29) is 18.1 Å². The lowest BCUT2D eigenvalue weighted by Gasteiger charge is -2.24. The van der Waals surface area contributed by atoms with Crippen molar-refractivity contribution >= 4 is 11.9 Å². The van der Waals surface area contributed by atoms with Crippen molar-refractivity contribution in [3.63, 3.8) is 0 Å². The Balaban J connectivity index is 1.75. The second-order valence-corrected chi connectivity index (χ2v) is 6.46. The minimum Gasteiger partial charge on any atom is -0.479 e. The van der Waals surface area contributed by atoms with Gasteiger partial charge in [0.1, 0.15) is 5.82 Å². The van der Waals surface area contributed by atoms with Crippen LogP contribution in [-0.4, -0.2) is 44.9 Å².